The fourth-order valence-corrected chi connectivity index (χ4v) is 5.62. The molecule has 0 radical (unpaired) electrons. The molecule has 0 spiro atoms. The molecule has 5 rings (SSSR count). The third-order valence-electron chi connectivity index (χ3n) is 5.80. The van der Waals surface area contributed by atoms with Crippen LogP contribution in [-0.4, -0.2) is 57.5 Å². The minimum absolute atomic E-state index is 0.143. The summed E-state index contributed by atoms with van der Waals surface area (Å²) < 4.78 is 2.04. The van der Waals surface area contributed by atoms with Crippen molar-refractivity contribution in [3.63, 3.8) is 0 Å². The van der Waals surface area contributed by atoms with Crippen molar-refractivity contribution in [3.05, 3.63) is 77.7 Å². The Morgan fingerprint density at radius 2 is 1.70 bits per heavy atom. The number of amides is 1. The molecule has 0 atom stereocenters. The zero-order valence-corrected chi connectivity index (χ0v) is 20.1. The summed E-state index contributed by atoms with van der Waals surface area (Å²) in [6.07, 6.45) is 0. The Hall–Kier alpha value is -3.10. The predicted molar refractivity (Wildman–Crippen MR) is 135 cm³/mol. The highest BCUT2D eigenvalue weighted by Gasteiger charge is 2.23. The van der Waals surface area contributed by atoms with Gasteiger partial charge in [0.1, 0.15) is 0 Å². The number of anilines is 1. The second kappa shape index (κ2) is 9.80. The number of carbonyl (C=O) groups is 1. The number of nitrogens with zero attached hydrogens (tertiary/aromatic N) is 5. The number of benzene rings is 2. The normalized spacial score (nSPS) is 14.0. The number of para-hydroxylation sites is 2. The molecule has 1 fully saturated rings. The maximum absolute atomic E-state index is 13.0. The molecule has 0 unspecified atom stereocenters. The van der Waals surface area contributed by atoms with Gasteiger partial charge in [-0.1, -0.05) is 54.2 Å². The summed E-state index contributed by atoms with van der Waals surface area (Å²) in [6.45, 7) is 5.31. The third kappa shape index (κ3) is 4.67. The smallest absolute Gasteiger partial charge is 0.233 e. The van der Waals surface area contributed by atoms with Crippen molar-refractivity contribution in [1.82, 2.24) is 19.7 Å². The van der Waals surface area contributed by atoms with Crippen LogP contribution in [0.2, 0.25) is 0 Å². The van der Waals surface area contributed by atoms with Crippen molar-refractivity contribution in [3.8, 4) is 16.4 Å². The molecule has 6 nitrogen and oxygen atoms in total. The van der Waals surface area contributed by atoms with Crippen molar-refractivity contribution < 1.29 is 4.79 Å². The van der Waals surface area contributed by atoms with Crippen LogP contribution in [0, 0.1) is 6.92 Å². The van der Waals surface area contributed by atoms with E-state index in [1.807, 2.05) is 57.3 Å². The van der Waals surface area contributed by atoms with Crippen molar-refractivity contribution in [1.29, 1.82) is 0 Å². The van der Waals surface area contributed by atoms with E-state index in [2.05, 4.69) is 46.3 Å². The van der Waals surface area contributed by atoms with Crippen LogP contribution in [0.5, 0.6) is 0 Å². The van der Waals surface area contributed by atoms with Crippen LogP contribution >= 0.6 is 23.1 Å². The average Bonchev–Trinajstić information content (AvgIpc) is 3.53. The van der Waals surface area contributed by atoms with Gasteiger partial charge in [0.05, 0.1) is 10.6 Å². The summed E-state index contributed by atoms with van der Waals surface area (Å²) in [5.41, 5.74) is 3.53. The van der Waals surface area contributed by atoms with Gasteiger partial charge in [-0.2, -0.15) is 0 Å². The van der Waals surface area contributed by atoms with E-state index in [0.717, 1.165) is 47.7 Å². The minimum Gasteiger partial charge on any atom is -0.368 e. The van der Waals surface area contributed by atoms with Crippen LogP contribution in [0.15, 0.2) is 77.3 Å². The number of piperazine rings is 1. The molecule has 1 aliphatic rings. The number of hydrogen-bond donors (Lipinski definition) is 0. The second-order valence-electron chi connectivity index (χ2n) is 7.90. The molecule has 8 heteroatoms. The molecule has 1 amide bonds. The van der Waals surface area contributed by atoms with Gasteiger partial charge in [0.2, 0.25) is 5.91 Å². The van der Waals surface area contributed by atoms with Crippen LogP contribution in [-0.2, 0) is 4.79 Å². The van der Waals surface area contributed by atoms with E-state index in [1.54, 1.807) is 11.3 Å². The maximum Gasteiger partial charge on any atom is 0.233 e. The number of carbonyl (C=O) groups excluding carboxylic acids is 1. The predicted octanol–water partition coefficient (Wildman–Crippen LogP) is 4.75. The summed E-state index contributed by atoms with van der Waals surface area (Å²) in [6, 6.07) is 22.6. The first kappa shape index (κ1) is 21.7. The molecule has 0 saturated carbocycles. The van der Waals surface area contributed by atoms with E-state index in [1.165, 1.54) is 23.0 Å². The fourth-order valence-electron chi connectivity index (χ4n) is 4.07. The molecule has 3 heterocycles. The molecule has 1 aliphatic heterocycles. The largest absolute Gasteiger partial charge is 0.368 e. The molecule has 33 heavy (non-hydrogen) atoms. The highest BCUT2D eigenvalue weighted by molar-refractivity contribution is 7.99. The van der Waals surface area contributed by atoms with Gasteiger partial charge in [-0.05, 0) is 42.1 Å². The van der Waals surface area contributed by atoms with Crippen molar-refractivity contribution >= 4 is 34.7 Å². The van der Waals surface area contributed by atoms with Gasteiger partial charge >= 0.3 is 0 Å². The Labute approximate surface area is 201 Å². The van der Waals surface area contributed by atoms with E-state index < -0.39 is 0 Å². The highest BCUT2D eigenvalue weighted by Crippen LogP contribution is 2.30. The molecule has 2 aromatic heterocycles. The SMILES string of the molecule is Cc1ccccc1N1CCN(C(=O)CSc2nnc(-c3cccs3)n2-c2ccccc2)CC1. The number of rotatable bonds is 6. The number of thiophene rings is 1. The summed E-state index contributed by atoms with van der Waals surface area (Å²) in [5, 5.41) is 11.6. The molecular formula is C25H25N5OS2. The molecule has 168 valence electrons. The first-order chi connectivity index (χ1) is 16.2. The summed E-state index contributed by atoms with van der Waals surface area (Å²) >= 11 is 3.08. The Bertz CT molecular complexity index is 1210. The second-order valence-corrected chi connectivity index (χ2v) is 9.79. The Morgan fingerprint density at radius 3 is 2.42 bits per heavy atom. The van der Waals surface area contributed by atoms with Crippen LogP contribution < -0.4 is 4.90 Å². The van der Waals surface area contributed by atoms with Crippen molar-refractivity contribution in [2.45, 2.75) is 12.1 Å². The quantitative estimate of drug-likeness (QED) is 0.377. The van der Waals surface area contributed by atoms with Crippen LogP contribution in [0.1, 0.15) is 5.56 Å². The van der Waals surface area contributed by atoms with Crippen LogP contribution in [0.4, 0.5) is 5.69 Å². The molecule has 0 bridgehead atoms. The van der Waals surface area contributed by atoms with Crippen molar-refractivity contribution in [2.24, 2.45) is 0 Å². The Balaban J connectivity index is 1.26. The molecule has 4 aromatic rings. The Kier molecular flexibility index (Phi) is 6.46. The van der Waals surface area contributed by atoms with Gasteiger partial charge in [-0.25, -0.2) is 0 Å². The monoisotopic (exact) mass is 475 g/mol. The van der Waals surface area contributed by atoms with E-state index >= 15 is 0 Å². The van der Waals surface area contributed by atoms with Crippen LogP contribution in [0.25, 0.3) is 16.4 Å². The zero-order valence-electron chi connectivity index (χ0n) is 18.4. The lowest BCUT2D eigenvalue weighted by Gasteiger charge is -2.36. The molecule has 1 saturated heterocycles. The fraction of sp³-hybridized carbons (Fsp3) is 0.240. The van der Waals surface area contributed by atoms with Crippen molar-refractivity contribution in [2.75, 3.05) is 36.8 Å². The number of aromatic nitrogens is 3. The number of thioether (sulfide) groups is 1. The minimum atomic E-state index is 0.143. The maximum atomic E-state index is 13.0. The van der Waals surface area contributed by atoms with Gasteiger partial charge in [0.25, 0.3) is 0 Å². The summed E-state index contributed by atoms with van der Waals surface area (Å²) in [5.74, 6) is 1.29. The number of aryl methyl sites for hydroxylation is 1. The van der Waals surface area contributed by atoms with Gasteiger partial charge in [0, 0.05) is 37.6 Å². The standard InChI is InChI=1S/C25H25N5OS2/c1-19-8-5-6-11-21(19)28-13-15-29(16-14-28)23(31)18-33-25-27-26-24(22-12-7-17-32-22)30(25)20-9-3-2-4-10-20/h2-12,17H,13-16,18H2,1H3. The molecule has 2 aromatic carbocycles. The average molecular weight is 476 g/mol. The molecule has 0 N–H and O–H groups in total. The topological polar surface area (TPSA) is 54.3 Å². The van der Waals surface area contributed by atoms with Gasteiger partial charge in [-0.3, -0.25) is 9.36 Å². The lowest BCUT2D eigenvalue weighted by Crippen LogP contribution is -2.49. The first-order valence-electron chi connectivity index (χ1n) is 11.0. The van der Waals surface area contributed by atoms with Gasteiger partial charge in [-0.15, -0.1) is 21.5 Å². The first-order valence-corrected chi connectivity index (χ1v) is 12.8. The van der Waals surface area contributed by atoms with E-state index in [0.29, 0.717) is 5.75 Å². The summed E-state index contributed by atoms with van der Waals surface area (Å²) in [7, 11) is 0. The molecular weight excluding hydrogens is 450 g/mol. The Morgan fingerprint density at radius 1 is 0.939 bits per heavy atom. The van der Waals surface area contributed by atoms with E-state index in [9.17, 15) is 4.79 Å². The molecule has 0 aliphatic carbocycles. The highest BCUT2D eigenvalue weighted by atomic mass is 32.2. The van der Waals surface area contributed by atoms with Crippen LogP contribution in [0.3, 0.4) is 0 Å². The third-order valence-corrected chi connectivity index (χ3v) is 7.58. The summed E-state index contributed by atoms with van der Waals surface area (Å²) in [4.78, 5) is 18.4. The lowest BCUT2D eigenvalue weighted by molar-refractivity contribution is -0.128. The lowest BCUT2D eigenvalue weighted by atomic mass is 10.1. The number of hydrogen-bond acceptors (Lipinski definition) is 6. The van der Waals surface area contributed by atoms with E-state index in [4.69, 9.17) is 0 Å². The van der Waals surface area contributed by atoms with Gasteiger partial charge < -0.3 is 9.80 Å². The van der Waals surface area contributed by atoms with E-state index in [-0.39, 0.29) is 5.91 Å². The zero-order chi connectivity index (χ0) is 22.6. The van der Waals surface area contributed by atoms with Gasteiger partial charge in [0.15, 0.2) is 11.0 Å².